The monoisotopic (exact) mass is 262 g/mol. The molecule has 2 N–H and O–H groups in total. The highest BCUT2D eigenvalue weighted by molar-refractivity contribution is 5.94. The van der Waals surface area contributed by atoms with Crippen molar-refractivity contribution in [2.45, 2.75) is 32.6 Å². The molecule has 0 bridgehead atoms. The van der Waals surface area contributed by atoms with Crippen LogP contribution < -0.4 is 5.32 Å². The van der Waals surface area contributed by atoms with Gasteiger partial charge in [-0.2, -0.15) is 0 Å². The maximum absolute atomic E-state index is 12.2. The summed E-state index contributed by atoms with van der Waals surface area (Å²) >= 11 is 0. The molecule has 0 spiro atoms. The first-order chi connectivity index (χ1) is 9.08. The fraction of sp³-hybridized carbons (Fsp3) is 0.500. The van der Waals surface area contributed by atoms with E-state index in [4.69, 9.17) is 0 Å². The Morgan fingerprint density at radius 2 is 2.00 bits per heavy atom. The number of hydrogen-bond acceptors (Lipinski definition) is 3. The highest BCUT2D eigenvalue weighted by atomic mass is 16.4. The molecule has 1 fully saturated rings. The Hall–Kier alpha value is -1.91. The van der Waals surface area contributed by atoms with Crippen molar-refractivity contribution in [1.29, 1.82) is 0 Å². The largest absolute Gasteiger partial charge is 0.481 e. The smallest absolute Gasteiger partial charge is 0.307 e. The van der Waals surface area contributed by atoms with Crippen LogP contribution >= 0.6 is 0 Å². The van der Waals surface area contributed by atoms with E-state index in [0.717, 1.165) is 18.4 Å². The second-order valence-corrected chi connectivity index (χ2v) is 5.04. The van der Waals surface area contributed by atoms with Crippen LogP contribution in [0.1, 0.15) is 31.2 Å². The van der Waals surface area contributed by atoms with Gasteiger partial charge in [-0.1, -0.05) is 12.8 Å². The molecular formula is C14H18N2O3. The molecule has 2 atom stereocenters. The van der Waals surface area contributed by atoms with E-state index in [1.165, 1.54) is 0 Å². The predicted octanol–water partition coefficient (Wildman–Crippen LogP) is 2.22. The van der Waals surface area contributed by atoms with Gasteiger partial charge in [0.1, 0.15) is 5.82 Å². The molecule has 0 saturated heterocycles. The standard InChI is InChI=1S/C14H18N2O3/c1-9-6-7-15-12(8-9)16-13(17)10-4-2-3-5-11(10)14(18)19/h6-8,10-11H,2-5H2,1H3,(H,18,19)(H,15,16,17)/t10-,11+/m1/s1. The van der Waals surface area contributed by atoms with Gasteiger partial charge in [-0.05, 0) is 37.5 Å². The quantitative estimate of drug-likeness (QED) is 0.875. The molecule has 102 valence electrons. The number of nitrogens with zero attached hydrogens (tertiary/aromatic N) is 1. The van der Waals surface area contributed by atoms with E-state index in [2.05, 4.69) is 10.3 Å². The Morgan fingerprint density at radius 1 is 1.32 bits per heavy atom. The molecule has 0 unspecified atom stereocenters. The van der Waals surface area contributed by atoms with Gasteiger partial charge in [0, 0.05) is 6.20 Å². The van der Waals surface area contributed by atoms with Crippen LogP contribution in [0.2, 0.25) is 0 Å². The number of carboxylic acid groups (broad SMARTS) is 1. The molecule has 19 heavy (non-hydrogen) atoms. The van der Waals surface area contributed by atoms with Gasteiger partial charge in [0.25, 0.3) is 0 Å². The minimum absolute atomic E-state index is 0.231. The number of aryl methyl sites for hydroxylation is 1. The number of aliphatic carboxylic acids is 1. The highest BCUT2D eigenvalue weighted by Gasteiger charge is 2.35. The van der Waals surface area contributed by atoms with Crippen molar-refractivity contribution in [2.24, 2.45) is 11.8 Å². The molecule has 5 nitrogen and oxygen atoms in total. The summed E-state index contributed by atoms with van der Waals surface area (Å²) in [6.45, 7) is 1.91. The first-order valence-corrected chi connectivity index (χ1v) is 6.54. The van der Waals surface area contributed by atoms with Crippen LogP contribution in [0.5, 0.6) is 0 Å². The van der Waals surface area contributed by atoms with Crippen LogP contribution in [0, 0.1) is 18.8 Å². The van der Waals surface area contributed by atoms with Crippen molar-refractivity contribution >= 4 is 17.7 Å². The minimum atomic E-state index is -0.878. The fourth-order valence-corrected chi connectivity index (χ4v) is 2.56. The molecule has 0 aliphatic heterocycles. The van der Waals surface area contributed by atoms with Gasteiger partial charge in [0.15, 0.2) is 0 Å². The van der Waals surface area contributed by atoms with Crippen LogP contribution in [0.4, 0.5) is 5.82 Å². The molecule has 0 radical (unpaired) electrons. The van der Waals surface area contributed by atoms with Crippen molar-refractivity contribution in [1.82, 2.24) is 4.98 Å². The molecule has 1 aromatic rings. The number of hydrogen-bond donors (Lipinski definition) is 2. The van der Waals surface area contributed by atoms with Crippen molar-refractivity contribution in [3.63, 3.8) is 0 Å². The number of nitrogens with one attached hydrogen (secondary N) is 1. The average molecular weight is 262 g/mol. The van der Waals surface area contributed by atoms with Gasteiger partial charge < -0.3 is 10.4 Å². The number of amides is 1. The lowest BCUT2D eigenvalue weighted by Gasteiger charge is -2.27. The summed E-state index contributed by atoms with van der Waals surface area (Å²) in [6.07, 6.45) is 4.62. The second kappa shape index (κ2) is 5.82. The number of carbonyl (C=O) groups is 2. The molecule has 1 aliphatic carbocycles. The Labute approximate surface area is 112 Å². The maximum atomic E-state index is 12.2. The summed E-state index contributed by atoms with van der Waals surface area (Å²) in [5.74, 6) is -1.64. The number of carbonyl (C=O) groups excluding carboxylic acids is 1. The minimum Gasteiger partial charge on any atom is -0.481 e. The molecule has 1 saturated carbocycles. The van der Waals surface area contributed by atoms with Crippen molar-refractivity contribution in [3.8, 4) is 0 Å². The van der Waals surface area contributed by atoms with E-state index in [-0.39, 0.29) is 5.91 Å². The molecule has 1 heterocycles. The zero-order chi connectivity index (χ0) is 13.8. The number of rotatable bonds is 3. The SMILES string of the molecule is Cc1ccnc(NC(=O)[C@@H]2CCCC[C@@H]2C(=O)O)c1. The summed E-state index contributed by atoms with van der Waals surface area (Å²) < 4.78 is 0. The molecule has 2 rings (SSSR count). The average Bonchev–Trinajstić information content (AvgIpc) is 2.38. The van der Waals surface area contributed by atoms with Gasteiger partial charge in [0.2, 0.25) is 5.91 Å². The van der Waals surface area contributed by atoms with E-state index < -0.39 is 17.8 Å². The van der Waals surface area contributed by atoms with E-state index in [0.29, 0.717) is 18.7 Å². The van der Waals surface area contributed by atoms with Crippen LogP contribution in [0.25, 0.3) is 0 Å². The second-order valence-electron chi connectivity index (χ2n) is 5.04. The number of carboxylic acids is 1. The Bertz CT molecular complexity index is 487. The molecular weight excluding hydrogens is 244 g/mol. The Kier molecular flexibility index (Phi) is 4.14. The van der Waals surface area contributed by atoms with E-state index >= 15 is 0 Å². The lowest BCUT2D eigenvalue weighted by Crippen LogP contribution is -2.36. The van der Waals surface area contributed by atoms with Crippen molar-refractivity contribution in [2.75, 3.05) is 5.32 Å². The summed E-state index contributed by atoms with van der Waals surface area (Å²) in [7, 11) is 0. The van der Waals surface area contributed by atoms with Gasteiger partial charge in [0.05, 0.1) is 11.8 Å². The Balaban J connectivity index is 2.07. The number of pyridine rings is 1. The maximum Gasteiger partial charge on any atom is 0.307 e. The number of anilines is 1. The van der Waals surface area contributed by atoms with E-state index in [1.54, 1.807) is 12.3 Å². The predicted molar refractivity (Wildman–Crippen MR) is 70.7 cm³/mol. The molecule has 1 aliphatic rings. The van der Waals surface area contributed by atoms with Crippen LogP contribution in [-0.4, -0.2) is 22.0 Å². The number of aromatic nitrogens is 1. The summed E-state index contributed by atoms with van der Waals surface area (Å²) in [5.41, 5.74) is 1.00. The van der Waals surface area contributed by atoms with Crippen LogP contribution in [0.3, 0.4) is 0 Å². The van der Waals surface area contributed by atoms with Crippen LogP contribution in [-0.2, 0) is 9.59 Å². The van der Waals surface area contributed by atoms with Crippen LogP contribution in [0.15, 0.2) is 18.3 Å². The molecule has 5 heteroatoms. The third-order valence-corrected chi connectivity index (χ3v) is 3.59. The molecule has 0 aromatic carbocycles. The van der Waals surface area contributed by atoms with E-state index in [9.17, 15) is 14.7 Å². The Morgan fingerprint density at radius 3 is 2.63 bits per heavy atom. The highest BCUT2D eigenvalue weighted by Crippen LogP contribution is 2.31. The normalized spacial score (nSPS) is 22.8. The van der Waals surface area contributed by atoms with Crippen molar-refractivity contribution in [3.05, 3.63) is 23.9 Å². The van der Waals surface area contributed by atoms with Gasteiger partial charge in [-0.25, -0.2) is 4.98 Å². The van der Waals surface area contributed by atoms with E-state index in [1.807, 2.05) is 13.0 Å². The summed E-state index contributed by atoms with van der Waals surface area (Å²) in [4.78, 5) is 27.4. The third-order valence-electron chi connectivity index (χ3n) is 3.59. The zero-order valence-electron chi connectivity index (χ0n) is 10.9. The van der Waals surface area contributed by atoms with Gasteiger partial charge >= 0.3 is 5.97 Å². The molecule has 1 aromatic heterocycles. The lowest BCUT2D eigenvalue weighted by atomic mass is 9.79. The summed E-state index contributed by atoms with van der Waals surface area (Å²) in [6, 6.07) is 3.62. The zero-order valence-corrected chi connectivity index (χ0v) is 10.9. The van der Waals surface area contributed by atoms with Gasteiger partial charge in [-0.15, -0.1) is 0 Å². The van der Waals surface area contributed by atoms with Gasteiger partial charge in [-0.3, -0.25) is 9.59 Å². The first kappa shape index (κ1) is 13.5. The first-order valence-electron chi connectivity index (χ1n) is 6.54. The summed E-state index contributed by atoms with van der Waals surface area (Å²) in [5, 5.41) is 11.9. The third kappa shape index (κ3) is 3.30. The lowest BCUT2D eigenvalue weighted by molar-refractivity contribution is -0.147. The van der Waals surface area contributed by atoms with Crippen molar-refractivity contribution < 1.29 is 14.7 Å². The molecule has 1 amide bonds. The topological polar surface area (TPSA) is 79.3 Å². The fourth-order valence-electron chi connectivity index (χ4n) is 2.56.